The summed E-state index contributed by atoms with van der Waals surface area (Å²) in [5, 5.41) is 0. The average molecular weight is 432 g/mol. The highest BCUT2D eigenvalue weighted by Gasteiger charge is 2.31. The summed E-state index contributed by atoms with van der Waals surface area (Å²) in [5.74, 6) is 0.375. The molecule has 2 aliphatic rings. The molecule has 2 fully saturated rings. The number of piperidine rings is 2. The quantitative estimate of drug-likeness (QED) is 0.667. The van der Waals surface area contributed by atoms with Crippen molar-refractivity contribution >= 4 is 12.2 Å². The van der Waals surface area contributed by atoms with Crippen LogP contribution in [0.4, 0.5) is 9.59 Å². The molecule has 2 heterocycles. The minimum absolute atomic E-state index is 0.108. The molecule has 2 atom stereocenters. The predicted molar refractivity (Wildman–Crippen MR) is 116 cm³/mol. The van der Waals surface area contributed by atoms with Crippen LogP contribution in [0.25, 0.3) is 0 Å². The van der Waals surface area contributed by atoms with Crippen molar-refractivity contribution < 1.29 is 23.8 Å². The molecule has 2 amide bonds. The monoisotopic (exact) mass is 431 g/mol. The highest BCUT2D eigenvalue weighted by atomic mass is 16.6. The van der Waals surface area contributed by atoms with Crippen LogP contribution in [0.3, 0.4) is 0 Å². The second kappa shape index (κ2) is 11.7. The molecule has 0 saturated carbocycles. The van der Waals surface area contributed by atoms with Crippen LogP contribution in [0.1, 0.15) is 24.8 Å². The van der Waals surface area contributed by atoms with Crippen LogP contribution in [0.15, 0.2) is 43.0 Å². The molecule has 1 aromatic rings. The first kappa shape index (κ1) is 23.1. The molecular weight excluding hydrogens is 398 g/mol. The lowest BCUT2D eigenvalue weighted by molar-refractivity contribution is -0.0294. The van der Waals surface area contributed by atoms with E-state index in [-0.39, 0.29) is 37.5 Å². The Bertz CT molecular complexity index is 721. The molecule has 2 saturated heterocycles. The van der Waals surface area contributed by atoms with Gasteiger partial charge in [-0.15, -0.1) is 0 Å². The van der Waals surface area contributed by atoms with E-state index in [1.54, 1.807) is 15.9 Å². The number of carbonyl (C=O) groups is 2. The van der Waals surface area contributed by atoms with E-state index in [0.29, 0.717) is 38.7 Å². The molecule has 0 radical (unpaired) electrons. The fourth-order valence-electron chi connectivity index (χ4n) is 3.95. The number of carbonyl (C=O) groups excluding carboxylic acids is 2. The van der Waals surface area contributed by atoms with Gasteiger partial charge in [-0.1, -0.05) is 43.0 Å². The minimum Gasteiger partial charge on any atom is -0.445 e. The normalized spacial score (nSPS) is 22.1. The Morgan fingerprint density at radius 3 is 2.48 bits per heavy atom. The summed E-state index contributed by atoms with van der Waals surface area (Å²) in [6.45, 7) is 6.89. The second-order valence-corrected chi connectivity index (χ2v) is 8.19. The van der Waals surface area contributed by atoms with Gasteiger partial charge in [0, 0.05) is 32.3 Å². The maximum atomic E-state index is 12.5. The summed E-state index contributed by atoms with van der Waals surface area (Å²) in [4.78, 5) is 27.8. The molecular formula is C23H33N3O5. The molecule has 8 heteroatoms. The molecule has 2 aliphatic heterocycles. The van der Waals surface area contributed by atoms with Gasteiger partial charge in [0.05, 0.1) is 12.6 Å². The summed E-state index contributed by atoms with van der Waals surface area (Å²) in [6.07, 6.45) is 3.25. The van der Waals surface area contributed by atoms with Gasteiger partial charge in [-0.3, -0.25) is 0 Å². The van der Waals surface area contributed by atoms with Crippen molar-refractivity contribution in [3.05, 3.63) is 48.6 Å². The molecule has 0 unspecified atom stereocenters. The van der Waals surface area contributed by atoms with E-state index < -0.39 is 0 Å². The summed E-state index contributed by atoms with van der Waals surface area (Å²) in [6, 6.07) is 9.47. The lowest BCUT2D eigenvalue weighted by Gasteiger charge is -2.37. The van der Waals surface area contributed by atoms with E-state index in [1.165, 1.54) is 0 Å². The molecule has 2 N–H and O–H groups in total. The standard InChI is InChI=1S/C23H33N3O5/c1-2-12-29-22(27)25-10-8-19(9-11-25)16-30-21-13-20(24)14-26(15-21)23(28)31-17-18-6-4-3-5-7-18/h2-7,19-21H,1,8-17,24H2/t20-,21+/m0/s1. The Morgan fingerprint density at radius 2 is 1.77 bits per heavy atom. The highest BCUT2D eigenvalue weighted by molar-refractivity contribution is 5.68. The van der Waals surface area contributed by atoms with Crippen LogP contribution in [0, 0.1) is 5.92 Å². The maximum absolute atomic E-state index is 12.5. The van der Waals surface area contributed by atoms with Crippen LogP contribution in [-0.2, 0) is 20.8 Å². The van der Waals surface area contributed by atoms with E-state index in [0.717, 1.165) is 24.8 Å². The van der Waals surface area contributed by atoms with E-state index in [1.807, 2.05) is 30.3 Å². The van der Waals surface area contributed by atoms with Crippen molar-refractivity contribution in [2.45, 2.75) is 38.0 Å². The summed E-state index contributed by atoms with van der Waals surface area (Å²) in [7, 11) is 0. The fraction of sp³-hybridized carbons (Fsp3) is 0.565. The number of rotatable bonds is 7. The molecule has 0 bridgehead atoms. The van der Waals surface area contributed by atoms with Gasteiger partial charge in [-0.2, -0.15) is 0 Å². The zero-order valence-corrected chi connectivity index (χ0v) is 18.0. The van der Waals surface area contributed by atoms with Crippen LogP contribution in [0.2, 0.25) is 0 Å². The Hall–Kier alpha value is -2.58. The fourth-order valence-corrected chi connectivity index (χ4v) is 3.95. The first-order valence-corrected chi connectivity index (χ1v) is 10.9. The van der Waals surface area contributed by atoms with Gasteiger partial charge in [0.15, 0.2) is 0 Å². The number of hydrogen-bond donors (Lipinski definition) is 1. The van der Waals surface area contributed by atoms with Crippen LogP contribution >= 0.6 is 0 Å². The highest BCUT2D eigenvalue weighted by Crippen LogP contribution is 2.21. The van der Waals surface area contributed by atoms with Gasteiger partial charge in [-0.05, 0) is 30.7 Å². The van der Waals surface area contributed by atoms with Gasteiger partial charge in [0.1, 0.15) is 13.2 Å². The average Bonchev–Trinajstić information content (AvgIpc) is 2.80. The van der Waals surface area contributed by atoms with Gasteiger partial charge in [-0.25, -0.2) is 9.59 Å². The number of hydrogen-bond acceptors (Lipinski definition) is 6. The van der Waals surface area contributed by atoms with E-state index in [2.05, 4.69) is 6.58 Å². The molecule has 31 heavy (non-hydrogen) atoms. The smallest absolute Gasteiger partial charge is 0.410 e. The number of nitrogens with two attached hydrogens (primary N) is 1. The number of nitrogens with zero attached hydrogens (tertiary/aromatic N) is 2. The van der Waals surface area contributed by atoms with Crippen molar-refractivity contribution in [2.24, 2.45) is 11.7 Å². The Morgan fingerprint density at radius 1 is 1.06 bits per heavy atom. The molecule has 0 aliphatic carbocycles. The van der Waals surface area contributed by atoms with Gasteiger partial charge in [0.25, 0.3) is 0 Å². The third kappa shape index (κ3) is 7.25. The first-order valence-electron chi connectivity index (χ1n) is 10.9. The zero-order valence-electron chi connectivity index (χ0n) is 18.0. The Kier molecular flexibility index (Phi) is 8.73. The van der Waals surface area contributed by atoms with Crippen molar-refractivity contribution in [2.75, 3.05) is 39.4 Å². The van der Waals surface area contributed by atoms with Crippen molar-refractivity contribution in [1.82, 2.24) is 9.80 Å². The van der Waals surface area contributed by atoms with E-state index in [9.17, 15) is 9.59 Å². The number of ether oxygens (including phenoxy) is 3. The third-order valence-corrected chi connectivity index (χ3v) is 5.67. The predicted octanol–water partition coefficient (Wildman–Crippen LogP) is 2.78. The maximum Gasteiger partial charge on any atom is 0.410 e. The van der Waals surface area contributed by atoms with Crippen molar-refractivity contribution in [3.63, 3.8) is 0 Å². The lowest BCUT2D eigenvalue weighted by atomic mass is 9.97. The number of benzene rings is 1. The van der Waals surface area contributed by atoms with Crippen molar-refractivity contribution in [1.29, 1.82) is 0 Å². The first-order chi connectivity index (χ1) is 15.0. The van der Waals surface area contributed by atoms with Gasteiger partial charge >= 0.3 is 12.2 Å². The largest absolute Gasteiger partial charge is 0.445 e. The molecule has 0 spiro atoms. The number of amides is 2. The third-order valence-electron chi connectivity index (χ3n) is 5.67. The van der Waals surface area contributed by atoms with Crippen LogP contribution in [-0.4, -0.2) is 73.5 Å². The molecule has 0 aromatic heterocycles. The summed E-state index contributed by atoms with van der Waals surface area (Å²) >= 11 is 0. The summed E-state index contributed by atoms with van der Waals surface area (Å²) in [5.41, 5.74) is 7.12. The zero-order chi connectivity index (χ0) is 22.1. The topological polar surface area (TPSA) is 94.3 Å². The molecule has 170 valence electrons. The molecule has 1 aromatic carbocycles. The van der Waals surface area contributed by atoms with Crippen LogP contribution < -0.4 is 5.73 Å². The number of likely N-dealkylation sites (tertiary alicyclic amines) is 2. The SMILES string of the molecule is C=CCOC(=O)N1CCC(CO[C@@H]2C[C@H](N)CN(C(=O)OCc3ccccc3)C2)CC1. The lowest BCUT2D eigenvalue weighted by Crippen LogP contribution is -2.52. The minimum atomic E-state index is -0.362. The van der Waals surface area contributed by atoms with Gasteiger partial charge in [0.2, 0.25) is 0 Å². The van der Waals surface area contributed by atoms with Crippen LogP contribution in [0.5, 0.6) is 0 Å². The van der Waals surface area contributed by atoms with E-state index in [4.69, 9.17) is 19.9 Å². The summed E-state index contributed by atoms with van der Waals surface area (Å²) < 4.78 is 16.7. The van der Waals surface area contributed by atoms with Crippen molar-refractivity contribution in [3.8, 4) is 0 Å². The molecule has 8 nitrogen and oxygen atoms in total. The second-order valence-electron chi connectivity index (χ2n) is 8.19. The Balaban J connectivity index is 1.39. The Labute approximate surface area is 183 Å². The van der Waals surface area contributed by atoms with Gasteiger partial charge < -0.3 is 29.7 Å². The molecule has 3 rings (SSSR count). The van der Waals surface area contributed by atoms with E-state index >= 15 is 0 Å².